The van der Waals surface area contributed by atoms with Crippen LogP contribution in [0.3, 0.4) is 0 Å². The molecule has 14 heavy (non-hydrogen) atoms. The van der Waals surface area contributed by atoms with Crippen molar-refractivity contribution in [1.82, 2.24) is 4.98 Å². The number of ether oxygens (including phenoxy) is 1. The lowest BCUT2D eigenvalue weighted by Gasteiger charge is -2.06. The third kappa shape index (κ3) is 2.58. The van der Waals surface area contributed by atoms with E-state index in [9.17, 15) is 4.79 Å². The van der Waals surface area contributed by atoms with Crippen LogP contribution in [-0.4, -0.2) is 18.0 Å². The molecule has 1 amide bonds. The highest BCUT2D eigenvalue weighted by Gasteiger charge is 2.04. The van der Waals surface area contributed by atoms with Gasteiger partial charge in [-0.05, 0) is 25.1 Å². The zero-order chi connectivity index (χ0) is 10.4. The quantitative estimate of drug-likeness (QED) is 0.740. The van der Waals surface area contributed by atoms with Gasteiger partial charge in [0, 0.05) is 6.20 Å². The van der Waals surface area contributed by atoms with Crippen LogP contribution >= 0.6 is 0 Å². The van der Waals surface area contributed by atoms with Gasteiger partial charge in [0.15, 0.2) is 0 Å². The molecular weight excluding hydrogens is 180 g/mol. The number of nitrogens with zero attached hydrogens (tertiary/aromatic N) is 1. The molecule has 4 nitrogen and oxygen atoms in total. The molecule has 0 radical (unpaired) electrons. The van der Waals surface area contributed by atoms with Crippen molar-refractivity contribution in [2.24, 2.45) is 0 Å². The number of pyridine rings is 1. The molecule has 1 aromatic rings. The number of rotatable bonds is 3. The number of aromatic nitrogens is 1. The van der Waals surface area contributed by atoms with Crippen molar-refractivity contribution in [1.29, 1.82) is 0 Å². The van der Waals surface area contributed by atoms with Crippen molar-refractivity contribution < 1.29 is 9.53 Å². The van der Waals surface area contributed by atoms with Gasteiger partial charge < -0.3 is 10.1 Å². The monoisotopic (exact) mass is 192 g/mol. The van der Waals surface area contributed by atoms with Gasteiger partial charge >= 0.3 is 0 Å². The van der Waals surface area contributed by atoms with E-state index in [1.165, 1.54) is 13.2 Å². The number of nitrogens with one attached hydrogen (secondary N) is 1. The van der Waals surface area contributed by atoms with Crippen LogP contribution in [0.25, 0.3) is 0 Å². The molecule has 4 heteroatoms. The lowest BCUT2D eigenvalue weighted by atomic mass is 10.4. The topological polar surface area (TPSA) is 51.2 Å². The van der Waals surface area contributed by atoms with Crippen LogP contribution in [0.1, 0.15) is 6.92 Å². The van der Waals surface area contributed by atoms with E-state index in [0.29, 0.717) is 11.6 Å². The summed E-state index contributed by atoms with van der Waals surface area (Å²) in [7, 11) is 1.51. The minimum atomic E-state index is -0.196. The summed E-state index contributed by atoms with van der Waals surface area (Å²) in [5.41, 5.74) is 0.568. The lowest BCUT2D eigenvalue weighted by Crippen LogP contribution is -2.09. The van der Waals surface area contributed by atoms with E-state index < -0.39 is 0 Å². The van der Waals surface area contributed by atoms with Gasteiger partial charge in [-0.2, -0.15) is 0 Å². The Morgan fingerprint density at radius 2 is 2.43 bits per heavy atom. The highest BCUT2D eigenvalue weighted by Crippen LogP contribution is 2.19. The number of hydrogen-bond acceptors (Lipinski definition) is 3. The Morgan fingerprint density at radius 1 is 1.64 bits per heavy atom. The molecule has 0 aliphatic rings. The molecule has 1 heterocycles. The molecule has 0 aliphatic carbocycles. The number of hydrogen-bond donors (Lipinski definition) is 1. The van der Waals surface area contributed by atoms with Crippen molar-refractivity contribution in [2.75, 3.05) is 12.4 Å². The second kappa shape index (κ2) is 5.01. The van der Waals surface area contributed by atoms with Crippen LogP contribution in [0, 0.1) is 0 Å². The summed E-state index contributed by atoms with van der Waals surface area (Å²) in [5, 5.41) is 2.65. The fourth-order valence-electron chi connectivity index (χ4n) is 0.974. The first-order chi connectivity index (χ1) is 6.77. The molecule has 0 unspecified atom stereocenters. The van der Waals surface area contributed by atoms with E-state index in [0.717, 1.165) is 0 Å². The fourth-order valence-corrected chi connectivity index (χ4v) is 0.974. The number of anilines is 1. The van der Waals surface area contributed by atoms with Gasteiger partial charge in [-0.25, -0.2) is 4.98 Å². The molecule has 0 bridgehead atoms. The smallest absolute Gasteiger partial charge is 0.248 e. The SMILES string of the molecule is CC=CC(=O)Nc1cccnc1OC. The third-order valence-electron chi connectivity index (χ3n) is 1.54. The average molecular weight is 192 g/mol. The maximum absolute atomic E-state index is 11.2. The molecule has 1 rings (SSSR count). The Kier molecular flexibility index (Phi) is 3.67. The standard InChI is InChI=1S/C10H12N2O2/c1-3-5-9(13)12-8-6-4-7-11-10(8)14-2/h3-7H,1-2H3,(H,12,13). The summed E-state index contributed by atoms with van der Waals surface area (Å²) in [4.78, 5) is 15.1. The maximum atomic E-state index is 11.2. The summed E-state index contributed by atoms with van der Waals surface area (Å²) in [6.07, 6.45) is 4.70. The van der Waals surface area contributed by atoms with Crippen molar-refractivity contribution in [3.05, 3.63) is 30.5 Å². The van der Waals surface area contributed by atoms with Crippen molar-refractivity contribution in [2.45, 2.75) is 6.92 Å². The van der Waals surface area contributed by atoms with E-state index in [2.05, 4.69) is 10.3 Å². The first kappa shape index (κ1) is 10.2. The summed E-state index contributed by atoms with van der Waals surface area (Å²) >= 11 is 0. The summed E-state index contributed by atoms with van der Waals surface area (Å²) in [6.45, 7) is 1.78. The largest absolute Gasteiger partial charge is 0.480 e. The molecule has 0 saturated carbocycles. The van der Waals surface area contributed by atoms with E-state index in [1.54, 1.807) is 31.3 Å². The summed E-state index contributed by atoms with van der Waals surface area (Å²) < 4.78 is 4.97. The van der Waals surface area contributed by atoms with Gasteiger partial charge in [-0.15, -0.1) is 0 Å². The molecule has 0 saturated heterocycles. The number of carbonyl (C=O) groups excluding carboxylic acids is 1. The van der Waals surface area contributed by atoms with Crippen LogP contribution < -0.4 is 10.1 Å². The van der Waals surface area contributed by atoms with Crippen LogP contribution in [0.5, 0.6) is 5.88 Å². The Bertz CT molecular complexity index is 348. The second-order valence-corrected chi connectivity index (χ2v) is 2.55. The predicted octanol–water partition coefficient (Wildman–Crippen LogP) is 1.60. The van der Waals surface area contributed by atoms with Crippen molar-refractivity contribution in [3.63, 3.8) is 0 Å². The summed E-state index contributed by atoms with van der Waals surface area (Å²) in [5.74, 6) is 0.212. The summed E-state index contributed by atoms with van der Waals surface area (Å²) in [6, 6.07) is 3.46. The second-order valence-electron chi connectivity index (χ2n) is 2.55. The maximum Gasteiger partial charge on any atom is 0.248 e. The lowest BCUT2D eigenvalue weighted by molar-refractivity contribution is -0.111. The first-order valence-electron chi connectivity index (χ1n) is 4.20. The molecule has 0 aromatic carbocycles. The number of amides is 1. The van der Waals surface area contributed by atoms with E-state index in [4.69, 9.17) is 4.74 Å². The van der Waals surface area contributed by atoms with Gasteiger partial charge in [-0.1, -0.05) is 6.08 Å². The van der Waals surface area contributed by atoms with E-state index in [1.807, 2.05) is 0 Å². The molecule has 1 aromatic heterocycles. The van der Waals surface area contributed by atoms with Gasteiger partial charge in [0.2, 0.25) is 11.8 Å². The van der Waals surface area contributed by atoms with Crippen molar-refractivity contribution in [3.8, 4) is 5.88 Å². The Hall–Kier alpha value is -1.84. The molecule has 0 aliphatic heterocycles. The molecular formula is C10H12N2O2. The van der Waals surface area contributed by atoms with Crippen LogP contribution in [0.2, 0.25) is 0 Å². The van der Waals surface area contributed by atoms with Crippen LogP contribution in [0.15, 0.2) is 30.5 Å². The zero-order valence-corrected chi connectivity index (χ0v) is 8.15. The highest BCUT2D eigenvalue weighted by molar-refractivity contribution is 5.99. The fraction of sp³-hybridized carbons (Fsp3) is 0.200. The van der Waals surface area contributed by atoms with Crippen LogP contribution in [-0.2, 0) is 4.79 Å². The minimum absolute atomic E-state index is 0.196. The van der Waals surface area contributed by atoms with Gasteiger partial charge in [0.25, 0.3) is 0 Å². The van der Waals surface area contributed by atoms with Crippen molar-refractivity contribution >= 4 is 11.6 Å². The highest BCUT2D eigenvalue weighted by atomic mass is 16.5. The Labute approximate surface area is 82.6 Å². The molecule has 0 spiro atoms. The zero-order valence-electron chi connectivity index (χ0n) is 8.15. The van der Waals surface area contributed by atoms with Gasteiger partial charge in [-0.3, -0.25) is 4.79 Å². The van der Waals surface area contributed by atoms with Gasteiger partial charge in [0.1, 0.15) is 5.69 Å². The molecule has 0 atom stereocenters. The Balaban J connectivity index is 2.80. The number of carbonyl (C=O) groups is 1. The minimum Gasteiger partial charge on any atom is -0.480 e. The van der Waals surface area contributed by atoms with E-state index >= 15 is 0 Å². The van der Waals surface area contributed by atoms with Gasteiger partial charge in [0.05, 0.1) is 7.11 Å². The third-order valence-corrected chi connectivity index (χ3v) is 1.54. The molecule has 1 N–H and O–H groups in total. The average Bonchev–Trinajstić information content (AvgIpc) is 2.19. The molecule has 0 fully saturated rings. The number of allylic oxidation sites excluding steroid dienone is 1. The molecule has 74 valence electrons. The van der Waals surface area contributed by atoms with E-state index in [-0.39, 0.29) is 5.91 Å². The number of methoxy groups -OCH3 is 1. The Morgan fingerprint density at radius 3 is 3.07 bits per heavy atom. The first-order valence-corrected chi connectivity index (χ1v) is 4.20. The normalized spacial score (nSPS) is 10.1. The van der Waals surface area contributed by atoms with Crippen LogP contribution in [0.4, 0.5) is 5.69 Å². The predicted molar refractivity (Wildman–Crippen MR) is 54.2 cm³/mol.